The van der Waals surface area contributed by atoms with Crippen molar-refractivity contribution in [3.63, 3.8) is 0 Å². The van der Waals surface area contributed by atoms with E-state index in [1.165, 1.54) is 0 Å². The number of carbonyl (C=O) groups excluding carboxylic acids is 3. The second kappa shape index (κ2) is 11.2. The molecule has 1 aliphatic heterocycles. The molecule has 2 unspecified atom stereocenters. The number of hydrogen-bond acceptors (Lipinski definition) is 6. The molecule has 0 aliphatic carbocycles. The molecule has 3 amide bonds. The van der Waals surface area contributed by atoms with Gasteiger partial charge in [-0.1, -0.05) is 5.92 Å². The number of ether oxygens (including phenoxy) is 1. The van der Waals surface area contributed by atoms with Crippen LogP contribution in [0.1, 0.15) is 26.5 Å². The molecule has 1 aromatic heterocycles. The summed E-state index contributed by atoms with van der Waals surface area (Å²) in [5, 5.41) is 5.53. The molecule has 1 saturated heterocycles. The van der Waals surface area contributed by atoms with Crippen molar-refractivity contribution in [3.8, 4) is 12.3 Å². The summed E-state index contributed by atoms with van der Waals surface area (Å²) in [6.45, 7) is 2.84. The fourth-order valence-electron chi connectivity index (χ4n) is 3.36. The van der Waals surface area contributed by atoms with Crippen molar-refractivity contribution in [2.45, 2.75) is 19.4 Å². The highest BCUT2D eigenvalue weighted by molar-refractivity contribution is 7.84. The maximum absolute atomic E-state index is 13.0. The van der Waals surface area contributed by atoms with Gasteiger partial charge in [0.15, 0.2) is 0 Å². The highest BCUT2D eigenvalue weighted by Gasteiger charge is 2.24. The molecule has 10 heteroatoms. The van der Waals surface area contributed by atoms with E-state index < -0.39 is 28.7 Å². The van der Waals surface area contributed by atoms with E-state index in [9.17, 15) is 18.6 Å². The summed E-state index contributed by atoms with van der Waals surface area (Å²) >= 11 is 1.16. The molecule has 2 N–H and O–H groups in total. The number of rotatable bonds is 8. The van der Waals surface area contributed by atoms with Crippen LogP contribution in [0.15, 0.2) is 30.3 Å². The SMILES string of the molecule is C#Cc1ccc(C(=O)NC(CCS(C)=O)C(=O)Nc2ccc(N3CCOCC3=O)c(C)c2)s1. The average molecular weight is 488 g/mol. The molecule has 0 radical (unpaired) electrons. The minimum Gasteiger partial charge on any atom is -0.370 e. The van der Waals surface area contributed by atoms with Gasteiger partial charge < -0.3 is 20.3 Å². The van der Waals surface area contributed by atoms with E-state index in [0.29, 0.717) is 28.6 Å². The van der Waals surface area contributed by atoms with Crippen LogP contribution >= 0.6 is 11.3 Å². The van der Waals surface area contributed by atoms with Crippen LogP contribution in [-0.4, -0.2) is 59.7 Å². The van der Waals surface area contributed by atoms with Gasteiger partial charge in [0.25, 0.3) is 11.8 Å². The summed E-state index contributed by atoms with van der Waals surface area (Å²) < 4.78 is 16.8. The molecule has 174 valence electrons. The first-order valence-corrected chi connectivity index (χ1v) is 12.8. The van der Waals surface area contributed by atoms with Crippen molar-refractivity contribution in [1.29, 1.82) is 0 Å². The van der Waals surface area contributed by atoms with Crippen LogP contribution in [0.25, 0.3) is 0 Å². The van der Waals surface area contributed by atoms with Crippen LogP contribution < -0.4 is 15.5 Å². The lowest BCUT2D eigenvalue weighted by Gasteiger charge is -2.28. The third kappa shape index (κ3) is 6.51. The number of hydrogen-bond donors (Lipinski definition) is 2. The average Bonchev–Trinajstić information content (AvgIpc) is 3.27. The number of carbonyl (C=O) groups is 3. The Kier molecular flexibility index (Phi) is 8.38. The van der Waals surface area contributed by atoms with Crippen molar-refractivity contribution >= 4 is 51.2 Å². The molecule has 2 atom stereocenters. The third-order valence-corrected chi connectivity index (χ3v) is 6.85. The molecular weight excluding hydrogens is 462 g/mol. The fraction of sp³-hybridized carbons (Fsp3) is 0.348. The van der Waals surface area contributed by atoms with Crippen molar-refractivity contribution in [2.75, 3.05) is 42.0 Å². The van der Waals surface area contributed by atoms with Crippen LogP contribution in [0.3, 0.4) is 0 Å². The molecule has 8 nitrogen and oxygen atoms in total. The van der Waals surface area contributed by atoms with Crippen LogP contribution in [-0.2, 0) is 25.1 Å². The lowest BCUT2D eigenvalue weighted by molar-refractivity contribution is -0.125. The standard InChI is InChI=1S/C23H25N3O5S2/c1-4-17-6-8-20(32-17)23(29)25-18(9-12-33(3)30)22(28)24-16-5-7-19(15(2)13-16)26-10-11-31-14-21(26)27/h1,5-8,13,18H,9-12,14H2,2-3H3,(H,24,28)(H,25,29). The number of benzene rings is 1. The molecule has 3 rings (SSSR count). The number of thiophene rings is 1. The van der Waals surface area contributed by atoms with E-state index in [0.717, 1.165) is 22.6 Å². The van der Waals surface area contributed by atoms with Gasteiger partial charge in [-0.3, -0.25) is 18.6 Å². The van der Waals surface area contributed by atoms with Crippen LogP contribution in [0.2, 0.25) is 0 Å². The van der Waals surface area contributed by atoms with Gasteiger partial charge in [-0.05, 0) is 49.2 Å². The van der Waals surface area contributed by atoms with Crippen LogP contribution in [0.4, 0.5) is 11.4 Å². The first kappa shape index (κ1) is 24.6. The van der Waals surface area contributed by atoms with Gasteiger partial charge in [-0.15, -0.1) is 17.8 Å². The van der Waals surface area contributed by atoms with Crippen molar-refractivity contribution in [3.05, 3.63) is 45.6 Å². The zero-order chi connectivity index (χ0) is 24.0. The van der Waals surface area contributed by atoms with Crippen molar-refractivity contribution in [2.24, 2.45) is 0 Å². The van der Waals surface area contributed by atoms with Crippen molar-refractivity contribution in [1.82, 2.24) is 5.32 Å². The topological polar surface area (TPSA) is 105 Å². The monoisotopic (exact) mass is 487 g/mol. The largest absolute Gasteiger partial charge is 0.370 e. The van der Waals surface area contributed by atoms with Gasteiger partial charge in [0.05, 0.1) is 16.4 Å². The van der Waals surface area contributed by atoms with Gasteiger partial charge in [0.1, 0.15) is 12.6 Å². The summed E-state index contributed by atoms with van der Waals surface area (Å²) in [7, 11) is -1.12. The number of anilines is 2. The molecule has 2 aromatic rings. The number of nitrogens with zero attached hydrogens (tertiary/aromatic N) is 1. The van der Waals surface area contributed by atoms with Gasteiger partial charge in [-0.25, -0.2) is 0 Å². The Morgan fingerprint density at radius 1 is 1.33 bits per heavy atom. The first-order chi connectivity index (χ1) is 15.8. The lowest BCUT2D eigenvalue weighted by atomic mass is 10.1. The predicted octanol–water partition coefficient (Wildman–Crippen LogP) is 1.91. The third-order valence-electron chi connectivity index (χ3n) is 5.03. The Labute approximate surface area is 199 Å². The molecule has 0 saturated carbocycles. The molecule has 1 aromatic carbocycles. The van der Waals surface area contributed by atoms with E-state index in [1.807, 2.05) is 6.92 Å². The quantitative estimate of drug-likeness (QED) is 0.554. The van der Waals surface area contributed by atoms with Crippen molar-refractivity contribution < 1.29 is 23.3 Å². The summed E-state index contributed by atoms with van der Waals surface area (Å²) in [4.78, 5) is 40.4. The Morgan fingerprint density at radius 2 is 2.12 bits per heavy atom. The summed E-state index contributed by atoms with van der Waals surface area (Å²) in [5.74, 6) is 1.79. The molecule has 0 bridgehead atoms. The van der Waals surface area contributed by atoms with Gasteiger partial charge in [-0.2, -0.15) is 0 Å². The number of morpholine rings is 1. The summed E-state index contributed by atoms with van der Waals surface area (Å²) in [5.41, 5.74) is 2.11. The number of amides is 3. The second-order valence-electron chi connectivity index (χ2n) is 7.49. The number of aryl methyl sites for hydroxylation is 1. The zero-order valence-corrected chi connectivity index (χ0v) is 20.0. The molecule has 33 heavy (non-hydrogen) atoms. The minimum atomic E-state index is -1.12. The summed E-state index contributed by atoms with van der Waals surface area (Å²) in [6, 6.07) is 7.65. The van der Waals surface area contributed by atoms with E-state index in [1.54, 1.807) is 41.5 Å². The maximum atomic E-state index is 13.0. The highest BCUT2D eigenvalue weighted by Crippen LogP contribution is 2.25. The zero-order valence-electron chi connectivity index (χ0n) is 18.4. The minimum absolute atomic E-state index is 0.0468. The molecule has 1 fully saturated rings. The smallest absolute Gasteiger partial charge is 0.262 e. The number of nitrogens with one attached hydrogen (secondary N) is 2. The first-order valence-electron chi connectivity index (χ1n) is 10.3. The number of terminal acetylenes is 1. The predicted molar refractivity (Wildman–Crippen MR) is 130 cm³/mol. The molecular formula is C23H25N3O5S2. The maximum Gasteiger partial charge on any atom is 0.262 e. The van der Waals surface area contributed by atoms with Gasteiger partial charge in [0, 0.05) is 40.7 Å². The fourth-order valence-corrected chi connectivity index (χ4v) is 4.64. The molecule has 2 heterocycles. The molecule has 0 spiro atoms. The van der Waals surface area contributed by atoms with Gasteiger partial charge >= 0.3 is 0 Å². The Bertz CT molecular complexity index is 1120. The van der Waals surface area contributed by atoms with E-state index in [-0.39, 0.29) is 24.7 Å². The van der Waals surface area contributed by atoms with E-state index in [2.05, 4.69) is 16.6 Å². The second-order valence-corrected chi connectivity index (χ2v) is 10.1. The van der Waals surface area contributed by atoms with Crippen LogP contribution in [0.5, 0.6) is 0 Å². The summed E-state index contributed by atoms with van der Waals surface area (Å²) in [6.07, 6.45) is 7.12. The van der Waals surface area contributed by atoms with Gasteiger partial charge in [0.2, 0.25) is 5.91 Å². The normalized spacial score (nSPS) is 15.4. The Hall–Kier alpha value is -3.00. The van der Waals surface area contributed by atoms with E-state index >= 15 is 0 Å². The molecule has 1 aliphatic rings. The van der Waals surface area contributed by atoms with E-state index in [4.69, 9.17) is 11.2 Å². The highest BCUT2D eigenvalue weighted by atomic mass is 32.2. The Morgan fingerprint density at radius 3 is 2.76 bits per heavy atom. The van der Waals surface area contributed by atoms with Crippen LogP contribution in [0, 0.1) is 19.3 Å². The Balaban J connectivity index is 1.72. The lowest BCUT2D eigenvalue weighted by Crippen LogP contribution is -2.44.